The van der Waals surface area contributed by atoms with Gasteiger partial charge in [0.1, 0.15) is 16.9 Å². The van der Waals surface area contributed by atoms with Gasteiger partial charge in [-0.2, -0.15) is 5.10 Å². The third-order valence-electron chi connectivity index (χ3n) is 7.48. The number of carboxylic acid groups (broad SMARTS) is 1. The van der Waals surface area contributed by atoms with E-state index in [1.807, 2.05) is 4.90 Å². The maximum atomic E-state index is 14.1. The summed E-state index contributed by atoms with van der Waals surface area (Å²) in [5.74, 6) is -4.73. The van der Waals surface area contributed by atoms with E-state index < -0.39 is 40.3 Å². The van der Waals surface area contributed by atoms with Crippen molar-refractivity contribution < 1.29 is 32.2 Å². The van der Waals surface area contributed by atoms with Crippen LogP contribution in [-0.4, -0.2) is 48.8 Å². The lowest BCUT2D eigenvalue weighted by Gasteiger charge is -2.33. The minimum absolute atomic E-state index is 0.0321. The van der Waals surface area contributed by atoms with Crippen molar-refractivity contribution in [1.82, 2.24) is 18.7 Å². The summed E-state index contributed by atoms with van der Waals surface area (Å²) in [5, 5.41) is 13.3. The summed E-state index contributed by atoms with van der Waals surface area (Å²) in [4.78, 5) is 37.5. The molecule has 3 N–H and O–H groups in total. The van der Waals surface area contributed by atoms with Crippen LogP contribution in [0.5, 0.6) is 11.5 Å². The number of nitrogens with two attached hydrogens (primary N) is 1. The largest absolute Gasteiger partial charge is 0.477 e. The number of nitrogen functional groups attached to an aromatic ring is 1. The van der Waals surface area contributed by atoms with E-state index in [0.29, 0.717) is 22.6 Å². The molecule has 5 aromatic rings. The molecule has 1 fully saturated rings. The molecule has 15 heteroatoms. The van der Waals surface area contributed by atoms with E-state index >= 15 is 0 Å². The standard InChI is InChI=1S/C18H17F3N4O.C14H13FN2O4/c19-14-9-12(22)1-2-16(14)26-17-10-13(11-25-15(17)3-6-23-25)24-7-4-18(20,21)5-8-24;1-8(2)16-7-11(13(19)20)12(18)17(14(16)21)10-5-3-9(15)4-6-10/h1-3,6,9-11H,4-5,7-8,22H2;3-8H,1-2H3,(H,19,20). The van der Waals surface area contributed by atoms with E-state index in [0.717, 1.165) is 27.5 Å². The maximum absolute atomic E-state index is 14.1. The van der Waals surface area contributed by atoms with Crippen LogP contribution in [0, 0.1) is 11.6 Å². The summed E-state index contributed by atoms with van der Waals surface area (Å²) < 4.78 is 63.1. The number of benzene rings is 2. The number of carbonyl (C=O) groups is 1. The first-order chi connectivity index (χ1) is 22.2. The highest BCUT2D eigenvalue weighted by Gasteiger charge is 2.34. The van der Waals surface area contributed by atoms with Gasteiger partial charge in [0.15, 0.2) is 17.3 Å². The molecule has 1 aliphatic heterocycles. The Morgan fingerprint density at radius 2 is 1.64 bits per heavy atom. The number of rotatable bonds is 6. The highest BCUT2D eigenvalue weighted by Crippen LogP contribution is 2.35. The van der Waals surface area contributed by atoms with Gasteiger partial charge in [0.05, 0.1) is 23.8 Å². The Bertz CT molecular complexity index is 2050. The number of aromatic nitrogens is 4. The minimum atomic E-state index is -2.63. The van der Waals surface area contributed by atoms with E-state index in [2.05, 4.69) is 5.10 Å². The van der Waals surface area contributed by atoms with Crippen LogP contribution in [0.3, 0.4) is 0 Å². The Hall–Kier alpha value is -5.60. The van der Waals surface area contributed by atoms with Gasteiger partial charge in [-0.3, -0.25) is 9.36 Å². The second-order valence-electron chi connectivity index (χ2n) is 11.1. The van der Waals surface area contributed by atoms with Crippen LogP contribution in [-0.2, 0) is 0 Å². The fraction of sp³-hybridized carbons (Fsp3) is 0.250. The SMILES string of the molecule is CC(C)n1cc(C(=O)O)c(=O)n(-c2ccc(F)cc2)c1=O.Nc1ccc(Oc2cc(N3CCC(F)(F)CC3)cn3nccc23)c(F)c1. The quantitative estimate of drug-likeness (QED) is 0.181. The lowest BCUT2D eigenvalue weighted by Crippen LogP contribution is -2.41. The van der Waals surface area contributed by atoms with E-state index in [9.17, 15) is 31.9 Å². The summed E-state index contributed by atoms with van der Waals surface area (Å²) >= 11 is 0. The second-order valence-corrected chi connectivity index (χ2v) is 11.1. The molecule has 0 saturated carbocycles. The Labute approximate surface area is 264 Å². The Balaban J connectivity index is 0.000000189. The van der Waals surface area contributed by atoms with Crippen molar-refractivity contribution in [1.29, 1.82) is 0 Å². The molecule has 0 amide bonds. The van der Waals surface area contributed by atoms with E-state index in [-0.39, 0.29) is 43.4 Å². The van der Waals surface area contributed by atoms with Gasteiger partial charge in [-0.05, 0) is 56.3 Å². The fourth-order valence-electron chi connectivity index (χ4n) is 4.95. The zero-order valence-corrected chi connectivity index (χ0v) is 25.2. The van der Waals surface area contributed by atoms with Crippen LogP contribution in [0.2, 0.25) is 0 Å². The van der Waals surface area contributed by atoms with Crippen molar-refractivity contribution in [2.75, 3.05) is 23.7 Å². The number of aromatic carboxylic acids is 1. The van der Waals surface area contributed by atoms with Crippen LogP contribution in [0.25, 0.3) is 11.2 Å². The molecule has 0 radical (unpaired) electrons. The summed E-state index contributed by atoms with van der Waals surface area (Å²) in [7, 11) is 0. The van der Waals surface area contributed by atoms with Gasteiger partial charge in [0.2, 0.25) is 0 Å². The molecule has 3 aromatic heterocycles. The number of nitrogens with zero attached hydrogens (tertiary/aromatic N) is 5. The van der Waals surface area contributed by atoms with Gasteiger partial charge in [-0.25, -0.2) is 36.2 Å². The van der Waals surface area contributed by atoms with Crippen molar-refractivity contribution in [2.24, 2.45) is 0 Å². The van der Waals surface area contributed by atoms with E-state index in [1.165, 1.54) is 24.3 Å². The number of fused-ring (bicyclic) bond motifs is 1. The first-order valence-corrected chi connectivity index (χ1v) is 14.4. The van der Waals surface area contributed by atoms with Crippen LogP contribution in [0.15, 0.2) is 82.8 Å². The number of halogens is 4. The predicted octanol–water partition coefficient (Wildman–Crippen LogP) is 5.50. The van der Waals surface area contributed by atoms with Gasteiger partial charge < -0.3 is 20.5 Å². The van der Waals surface area contributed by atoms with Gasteiger partial charge in [0.25, 0.3) is 11.5 Å². The first kappa shape index (κ1) is 32.8. The zero-order chi connectivity index (χ0) is 34.0. The lowest BCUT2D eigenvalue weighted by atomic mass is 10.1. The molecule has 11 nitrogen and oxygen atoms in total. The summed E-state index contributed by atoms with van der Waals surface area (Å²) in [5.41, 5.74) is 5.17. The fourth-order valence-corrected chi connectivity index (χ4v) is 4.95. The van der Waals surface area contributed by atoms with Crippen LogP contribution < -0.4 is 26.6 Å². The average molecular weight is 655 g/mol. The van der Waals surface area contributed by atoms with Crippen molar-refractivity contribution in [3.8, 4) is 17.2 Å². The Kier molecular flexibility index (Phi) is 9.08. The molecule has 0 spiro atoms. The minimum Gasteiger partial charge on any atom is -0.477 e. The molecule has 1 saturated heterocycles. The monoisotopic (exact) mass is 654 g/mol. The molecule has 47 heavy (non-hydrogen) atoms. The van der Waals surface area contributed by atoms with Gasteiger partial charge in [-0.1, -0.05) is 0 Å². The second kappa shape index (κ2) is 13.0. The number of piperidine rings is 1. The highest BCUT2D eigenvalue weighted by atomic mass is 19.3. The molecule has 6 rings (SSSR count). The van der Waals surface area contributed by atoms with Crippen LogP contribution in [0.1, 0.15) is 43.1 Å². The van der Waals surface area contributed by atoms with Gasteiger partial charge in [-0.15, -0.1) is 0 Å². The molecule has 4 heterocycles. The molecule has 0 unspecified atom stereocenters. The molecule has 1 aliphatic rings. The van der Waals surface area contributed by atoms with Crippen molar-refractivity contribution in [3.05, 3.63) is 111 Å². The molecule has 2 aromatic carbocycles. The number of ether oxygens (including phenoxy) is 1. The van der Waals surface area contributed by atoms with Gasteiger partial charge in [0, 0.05) is 56.0 Å². The third kappa shape index (κ3) is 7.13. The van der Waals surface area contributed by atoms with Crippen LogP contribution >= 0.6 is 0 Å². The molecular formula is C32H30F4N6O5. The molecule has 0 bridgehead atoms. The van der Waals surface area contributed by atoms with Crippen molar-refractivity contribution in [2.45, 2.75) is 38.7 Å². The summed E-state index contributed by atoms with van der Waals surface area (Å²) in [6, 6.07) is 12.0. The lowest BCUT2D eigenvalue weighted by molar-refractivity contribution is -0.0220. The average Bonchev–Trinajstić information content (AvgIpc) is 3.49. The van der Waals surface area contributed by atoms with Gasteiger partial charge >= 0.3 is 11.7 Å². The Morgan fingerprint density at radius 1 is 0.957 bits per heavy atom. The normalized spacial score (nSPS) is 14.1. The number of anilines is 2. The van der Waals surface area contributed by atoms with Crippen molar-refractivity contribution in [3.63, 3.8) is 0 Å². The summed E-state index contributed by atoms with van der Waals surface area (Å²) in [6.07, 6.45) is 3.97. The Morgan fingerprint density at radius 3 is 2.26 bits per heavy atom. The van der Waals surface area contributed by atoms with Crippen molar-refractivity contribution >= 4 is 22.9 Å². The number of carboxylic acids is 1. The topological polar surface area (TPSA) is 137 Å². The third-order valence-corrected chi connectivity index (χ3v) is 7.48. The van der Waals surface area contributed by atoms with E-state index in [4.69, 9.17) is 15.6 Å². The smallest absolute Gasteiger partial charge is 0.342 e. The number of pyridine rings is 1. The molecular weight excluding hydrogens is 624 g/mol. The summed E-state index contributed by atoms with van der Waals surface area (Å²) in [6.45, 7) is 3.84. The molecule has 246 valence electrons. The zero-order valence-electron chi connectivity index (χ0n) is 25.2. The predicted molar refractivity (Wildman–Crippen MR) is 166 cm³/mol. The molecule has 0 aliphatic carbocycles. The number of hydrogen-bond donors (Lipinski definition) is 2. The highest BCUT2D eigenvalue weighted by molar-refractivity contribution is 5.86. The maximum Gasteiger partial charge on any atom is 0.342 e. The van der Waals surface area contributed by atoms with E-state index in [1.54, 1.807) is 49.0 Å². The number of alkyl halides is 2. The number of hydrogen-bond acceptors (Lipinski definition) is 7. The first-order valence-electron chi connectivity index (χ1n) is 14.4. The van der Waals surface area contributed by atoms with Crippen LogP contribution in [0.4, 0.5) is 28.9 Å². The molecule has 0 atom stereocenters.